The number of nitriles is 1. The van der Waals surface area contributed by atoms with Gasteiger partial charge in [0.25, 0.3) is 0 Å². The summed E-state index contributed by atoms with van der Waals surface area (Å²) in [5, 5.41) is 9.14. The quantitative estimate of drug-likeness (QED) is 0.833. The number of rotatable bonds is 5. The van der Waals surface area contributed by atoms with E-state index in [4.69, 9.17) is 5.26 Å². The number of anilines is 1. The van der Waals surface area contributed by atoms with Gasteiger partial charge in [0.2, 0.25) is 5.91 Å². The van der Waals surface area contributed by atoms with Crippen molar-refractivity contribution in [2.45, 2.75) is 26.2 Å². The van der Waals surface area contributed by atoms with Crippen LogP contribution in [0, 0.1) is 18.3 Å². The van der Waals surface area contributed by atoms with Crippen molar-refractivity contribution in [2.75, 3.05) is 31.1 Å². The Morgan fingerprint density at radius 3 is 2.54 bits per heavy atom. The lowest BCUT2D eigenvalue weighted by atomic mass is 10.1. The topological polar surface area (TPSA) is 60.2 Å². The Morgan fingerprint density at radius 1 is 1.12 bits per heavy atom. The summed E-state index contributed by atoms with van der Waals surface area (Å²) in [6, 6.07) is 16.3. The molecule has 0 saturated carbocycles. The van der Waals surface area contributed by atoms with Gasteiger partial charge in [-0.15, -0.1) is 0 Å². The molecule has 0 N–H and O–H groups in total. The Morgan fingerprint density at radius 2 is 1.85 bits per heavy atom. The maximum Gasteiger partial charge on any atom is 0.222 e. The van der Waals surface area contributed by atoms with E-state index in [1.54, 1.807) is 0 Å². The van der Waals surface area contributed by atoms with Crippen LogP contribution in [0.25, 0.3) is 0 Å². The molecule has 1 aromatic carbocycles. The third-order valence-corrected chi connectivity index (χ3v) is 4.84. The maximum absolute atomic E-state index is 12.4. The van der Waals surface area contributed by atoms with E-state index in [9.17, 15) is 4.79 Å². The van der Waals surface area contributed by atoms with Gasteiger partial charge < -0.3 is 9.80 Å². The molecule has 0 spiro atoms. The van der Waals surface area contributed by atoms with Crippen molar-refractivity contribution in [1.82, 2.24) is 9.88 Å². The number of carbonyl (C=O) groups excluding carboxylic acids is 1. The number of aromatic nitrogens is 1. The molecule has 5 nitrogen and oxygen atoms in total. The minimum absolute atomic E-state index is 0.232. The number of piperazine rings is 1. The number of aryl methyl sites for hydroxylation is 2. The van der Waals surface area contributed by atoms with Gasteiger partial charge in [-0.2, -0.15) is 5.26 Å². The van der Waals surface area contributed by atoms with E-state index in [1.807, 2.05) is 42.2 Å². The zero-order chi connectivity index (χ0) is 18.4. The first-order valence-corrected chi connectivity index (χ1v) is 9.12. The zero-order valence-electron chi connectivity index (χ0n) is 15.2. The normalized spacial score (nSPS) is 14.2. The molecule has 5 heteroatoms. The van der Waals surface area contributed by atoms with Gasteiger partial charge in [-0.25, -0.2) is 4.98 Å². The summed E-state index contributed by atoms with van der Waals surface area (Å²) in [6.45, 7) is 4.82. The number of benzene rings is 1. The zero-order valence-corrected chi connectivity index (χ0v) is 15.2. The Balaban J connectivity index is 1.47. The third-order valence-electron chi connectivity index (χ3n) is 4.84. The molecule has 1 fully saturated rings. The number of hydrogen-bond donors (Lipinski definition) is 0. The number of amides is 1. The number of hydrogen-bond acceptors (Lipinski definition) is 4. The van der Waals surface area contributed by atoms with Crippen LogP contribution >= 0.6 is 0 Å². The summed E-state index contributed by atoms with van der Waals surface area (Å²) in [4.78, 5) is 20.9. The fraction of sp³-hybridized carbons (Fsp3) is 0.381. The van der Waals surface area contributed by atoms with E-state index in [1.165, 1.54) is 5.56 Å². The molecule has 0 atom stereocenters. The van der Waals surface area contributed by atoms with Crippen LogP contribution in [-0.4, -0.2) is 42.0 Å². The van der Waals surface area contributed by atoms with Crippen LogP contribution in [0.4, 0.5) is 5.82 Å². The third kappa shape index (κ3) is 4.40. The van der Waals surface area contributed by atoms with Gasteiger partial charge in [0.15, 0.2) is 0 Å². The molecule has 0 radical (unpaired) electrons. The van der Waals surface area contributed by atoms with Gasteiger partial charge in [-0.05, 0) is 37.0 Å². The highest BCUT2D eigenvalue weighted by molar-refractivity contribution is 5.76. The molecule has 2 aromatic rings. The summed E-state index contributed by atoms with van der Waals surface area (Å²) in [6.07, 6.45) is 2.42. The summed E-state index contributed by atoms with van der Waals surface area (Å²) < 4.78 is 0. The van der Waals surface area contributed by atoms with Crippen LogP contribution in [0.5, 0.6) is 0 Å². The summed E-state index contributed by atoms with van der Waals surface area (Å²) in [7, 11) is 0. The molecule has 1 aliphatic heterocycles. The minimum Gasteiger partial charge on any atom is -0.353 e. The lowest BCUT2D eigenvalue weighted by molar-refractivity contribution is -0.131. The van der Waals surface area contributed by atoms with Crippen molar-refractivity contribution in [1.29, 1.82) is 5.26 Å². The molecule has 134 valence electrons. The SMILES string of the molecule is Cc1ccc(N2CCN(C(=O)CCCc3ccccc3)CC2)nc1C#N. The Kier molecular flexibility index (Phi) is 5.85. The van der Waals surface area contributed by atoms with Crippen molar-refractivity contribution in [3.05, 3.63) is 59.3 Å². The van der Waals surface area contributed by atoms with Gasteiger partial charge in [0, 0.05) is 32.6 Å². The predicted octanol–water partition coefficient (Wildman–Crippen LogP) is 2.93. The smallest absolute Gasteiger partial charge is 0.222 e. The van der Waals surface area contributed by atoms with Crippen molar-refractivity contribution >= 4 is 11.7 Å². The predicted molar refractivity (Wildman–Crippen MR) is 102 cm³/mol. The van der Waals surface area contributed by atoms with E-state index in [0.717, 1.165) is 37.3 Å². The van der Waals surface area contributed by atoms with E-state index in [0.29, 0.717) is 25.2 Å². The van der Waals surface area contributed by atoms with Crippen LogP contribution in [0.15, 0.2) is 42.5 Å². The lowest BCUT2D eigenvalue weighted by Gasteiger charge is -2.35. The first-order valence-electron chi connectivity index (χ1n) is 9.12. The van der Waals surface area contributed by atoms with Gasteiger partial charge in [0.1, 0.15) is 17.6 Å². The molecule has 3 rings (SSSR count). The van der Waals surface area contributed by atoms with E-state index < -0.39 is 0 Å². The average molecular weight is 348 g/mol. The van der Waals surface area contributed by atoms with E-state index in [2.05, 4.69) is 28.1 Å². The molecule has 0 aliphatic carbocycles. The summed E-state index contributed by atoms with van der Waals surface area (Å²) in [5.41, 5.74) is 2.65. The molecule has 1 amide bonds. The summed E-state index contributed by atoms with van der Waals surface area (Å²) in [5.74, 6) is 1.05. The van der Waals surface area contributed by atoms with E-state index >= 15 is 0 Å². The number of pyridine rings is 1. The van der Waals surface area contributed by atoms with Crippen LogP contribution in [0.3, 0.4) is 0 Å². The molecule has 0 bridgehead atoms. The molecule has 1 saturated heterocycles. The number of carbonyl (C=O) groups is 1. The van der Waals surface area contributed by atoms with Gasteiger partial charge in [-0.3, -0.25) is 4.79 Å². The van der Waals surface area contributed by atoms with Crippen LogP contribution in [-0.2, 0) is 11.2 Å². The first-order chi connectivity index (χ1) is 12.7. The number of nitrogens with zero attached hydrogens (tertiary/aromatic N) is 4. The molecule has 1 aromatic heterocycles. The largest absolute Gasteiger partial charge is 0.353 e. The van der Waals surface area contributed by atoms with Crippen molar-refractivity contribution < 1.29 is 4.79 Å². The van der Waals surface area contributed by atoms with Gasteiger partial charge in [0.05, 0.1) is 0 Å². The van der Waals surface area contributed by atoms with Crippen molar-refractivity contribution in [2.24, 2.45) is 0 Å². The lowest BCUT2D eigenvalue weighted by Crippen LogP contribution is -2.49. The second-order valence-corrected chi connectivity index (χ2v) is 6.65. The van der Waals surface area contributed by atoms with Crippen molar-refractivity contribution in [3.8, 4) is 6.07 Å². The fourth-order valence-corrected chi connectivity index (χ4v) is 3.24. The monoisotopic (exact) mass is 348 g/mol. The molecular formula is C21H24N4O. The second kappa shape index (κ2) is 8.48. The Hall–Kier alpha value is -2.87. The molecule has 2 heterocycles. The highest BCUT2D eigenvalue weighted by Gasteiger charge is 2.21. The molecule has 0 unspecified atom stereocenters. The Labute approximate surface area is 154 Å². The van der Waals surface area contributed by atoms with Gasteiger partial charge in [-0.1, -0.05) is 36.4 Å². The standard InChI is InChI=1S/C21H24N4O/c1-17-10-11-20(23-19(17)16-22)24-12-14-25(15-13-24)21(26)9-5-8-18-6-3-2-4-7-18/h2-4,6-7,10-11H,5,8-9,12-15H2,1H3. The van der Waals surface area contributed by atoms with E-state index in [-0.39, 0.29) is 5.91 Å². The highest BCUT2D eigenvalue weighted by Crippen LogP contribution is 2.17. The summed E-state index contributed by atoms with van der Waals surface area (Å²) >= 11 is 0. The second-order valence-electron chi connectivity index (χ2n) is 6.65. The van der Waals surface area contributed by atoms with Crippen molar-refractivity contribution in [3.63, 3.8) is 0 Å². The van der Waals surface area contributed by atoms with Crippen LogP contribution in [0.1, 0.15) is 29.7 Å². The molecular weight excluding hydrogens is 324 g/mol. The maximum atomic E-state index is 12.4. The van der Waals surface area contributed by atoms with Gasteiger partial charge >= 0.3 is 0 Å². The first kappa shape index (κ1) is 17.9. The van der Waals surface area contributed by atoms with Crippen LogP contribution in [0.2, 0.25) is 0 Å². The average Bonchev–Trinajstić information content (AvgIpc) is 2.69. The Bertz CT molecular complexity index is 789. The highest BCUT2D eigenvalue weighted by atomic mass is 16.2. The molecule has 26 heavy (non-hydrogen) atoms. The van der Waals surface area contributed by atoms with Crippen LogP contribution < -0.4 is 4.90 Å². The fourth-order valence-electron chi connectivity index (χ4n) is 3.24. The molecule has 1 aliphatic rings. The minimum atomic E-state index is 0.232.